The Balaban J connectivity index is 1.94. The highest BCUT2D eigenvalue weighted by atomic mass is 32.2. The van der Waals surface area contributed by atoms with Crippen LogP contribution in [0.25, 0.3) is 11.1 Å². The van der Waals surface area contributed by atoms with Gasteiger partial charge in [0.25, 0.3) is 5.91 Å². The minimum absolute atomic E-state index is 0.0265. The van der Waals surface area contributed by atoms with Crippen molar-refractivity contribution in [2.24, 2.45) is 5.14 Å². The molecule has 0 heterocycles. The third kappa shape index (κ3) is 4.60. The Morgan fingerprint density at radius 2 is 1.76 bits per heavy atom. The number of carbonyl (C=O) groups excluding carboxylic acids is 1. The fourth-order valence-electron chi connectivity index (χ4n) is 2.71. The van der Waals surface area contributed by atoms with E-state index in [1.807, 2.05) is 12.1 Å². The molecule has 0 radical (unpaired) electrons. The Hall–Kier alpha value is -3.67. The summed E-state index contributed by atoms with van der Waals surface area (Å²) in [4.78, 5) is 11.4. The van der Waals surface area contributed by atoms with Gasteiger partial charge in [0.05, 0.1) is 11.6 Å². The molecule has 0 aliphatic carbocycles. The monoisotopic (exact) mass is 407 g/mol. The number of sulfonamides is 1. The summed E-state index contributed by atoms with van der Waals surface area (Å²) in [7, 11) is -2.51. The van der Waals surface area contributed by atoms with Crippen LogP contribution < -0.4 is 15.2 Å². The summed E-state index contributed by atoms with van der Waals surface area (Å²) < 4.78 is 29.5. The maximum absolute atomic E-state index is 11.9. The van der Waals surface area contributed by atoms with Gasteiger partial charge in [0.15, 0.2) is 0 Å². The first-order chi connectivity index (χ1) is 13.8. The van der Waals surface area contributed by atoms with Crippen LogP contribution >= 0.6 is 0 Å². The van der Waals surface area contributed by atoms with E-state index in [4.69, 9.17) is 15.1 Å². The van der Waals surface area contributed by atoms with Crippen molar-refractivity contribution < 1.29 is 17.9 Å². The molecule has 3 rings (SSSR count). The number of nitriles is 1. The lowest BCUT2D eigenvalue weighted by molar-refractivity contribution is 0.0963. The SMILES string of the molecule is CNC(=O)c1ccc(-c2cccc(Oc3ccc(C#N)cc3S(N)(=O)=O)c2)cc1. The molecule has 0 aliphatic rings. The largest absolute Gasteiger partial charge is 0.456 e. The Morgan fingerprint density at radius 1 is 1.03 bits per heavy atom. The van der Waals surface area contributed by atoms with Gasteiger partial charge in [0, 0.05) is 12.6 Å². The van der Waals surface area contributed by atoms with Gasteiger partial charge >= 0.3 is 0 Å². The van der Waals surface area contributed by atoms with Crippen LogP contribution in [0.5, 0.6) is 11.5 Å². The number of rotatable bonds is 5. The predicted octanol–water partition coefficient (Wildman–Crippen LogP) is 3.02. The number of hydrogen-bond donors (Lipinski definition) is 2. The molecule has 29 heavy (non-hydrogen) atoms. The van der Waals surface area contributed by atoms with E-state index < -0.39 is 10.0 Å². The van der Waals surface area contributed by atoms with Gasteiger partial charge in [0.2, 0.25) is 10.0 Å². The van der Waals surface area contributed by atoms with Crippen molar-refractivity contribution in [1.29, 1.82) is 5.26 Å². The first-order valence-electron chi connectivity index (χ1n) is 8.49. The molecule has 0 spiro atoms. The van der Waals surface area contributed by atoms with Crippen molar-refractivity contribution in [1.82, 2.24) is 5.32 Å². The van der Waals surface area contributed by atoms with Gasteiger partial charge in [-0.05, 0) is 53.6 Å². The molecular weight excluding hydrogens is 390 g/mol. The van der Waals surface area contributed by atoms with Crippen LogP contribution in [0.3, 0.4) is 0 Å². The molecule has 0 unspecified atom stereocenters. The van der Waals surface area contributed by atoms with E-state index in [-0.39, 0.29) is 22.1 Å². The van der Waals surface area contributed by atoms with Gasteiger partial charge in [-0.1, -0.05) is 24.3 Å². The van der Waals surface area contributed by atoms with Gasteiger partial charge in [-0.15, -0.1) is 0 Å². The van der Waals surface area contributed by atoms with Crippen molar-refractivity contribution in [3.05, 3.63) is 77.9 Å². The fourth-order valence-corrected chi connectivity index (χ4v) is 3.39. The number of benzene rings is 3. The first-order valence-corrected chi connectivity index (χ1v) is 10.0. The maximum Gasteiger partial charge on any atom is 0.251 e. The standard InChI is InChI=1S/C21H17N3O4S/c1-24-21(25)16-8-6-15(7-9-16)17-3-2-4-18(12-17)28-19-10-5-14(13-22)11-20(19)29(23,26)27/h2-12H,1H3,(H,24,25)(H2,23,26,27). The van der Waals surface area contributed by atoms with E-state index in [0.717, 1.165) is 11.1 Å². The number of ether oxygens (including phenoxy) is 1. The molecule has 1 amide bonds. The molecule has 7 nitrogen and oxygen atoms in total. The zero-order valence-corrected chi connectivity index (χ0v) is 16.2. The molecule has 3 N–H and O–H groups in total. The van der Waals surface area contributed by atoms with Gasteiger partial charge in [-0.2, -0.15) is 5.26 Å². The summed E-state index contributed by atoms with van der Waals surface area (Å²) in [6.07, 6.45) is 0. The number of hydrogen-bond acceptors (Lipinski definition) is 5. The molecule has 146 valence electrons. The Kier molecular flexibility index (Phi) is 5.64. The zero-order valence-electron chi connectivity index (χ0n) is 15.4. The number of amides is 1. The molecule has 0 atom stereocenters. The number of nitrogens with zero attached hydrogens (tertiary/aromatic N) is 1. The van der Waals surface area contributed by atoms with E-state index in [0.29, 0.717) is 11.3 Å². The normalized spacial score (nSPS) is 10.8. The van der Waals surface area contributed by atoms with E-state index in [2.05, 4.69) is 5.32 Å². The minimum Gasteiger partial charge on any atom is -0.456 e. The first kappa shape index (κ1) is 20.1. The van der Waals surface area contributed by atoms with Crippen LogP contribution in [0.1, 0.15) is 15.9 Å². The van der Waals surface area contributed by atoms with E-state index in [1.54, 1.807) is 49.5 Å². The summed E-state index contributed by atoms with van der Waals surface area (Å²) in [5.74, 6) is 0.246. The summed E-state index contributed by atoms with van der Waals surface area (Å²) in [6.45, 7) is 0. The van der Waals surface area contributed by atoms with Gasteiger partial charge in [-0.3, -0.25) is 4.79 Å². The lowest BCUT2D eigenvalue weighted by Gasteiger charge is -2.11. The molecule has 0 saturated carbocycles. The quantitative estimate of drug-likeness (QED) is 0.673. The second-order valence-electron chi connectivity index (χ2n) is 6.10. The van der Waals surface area contributed by atoms with Crippen LogP contribution in [0.15, 0.2) is 71.6 Å². The molecule has 0 aliphatic heterocycles. The van der Waals surface area contributed by atoms with Crippen LogP contribution in [-0.2, 0) is 10.0 Å². The topological polar surface area (TPSA) is 122 Å². The molecular formula is C21H17N3O4S. The summed E-state index contributed by atoms with van der Waals surface area (Å²) in [5.41, 5.74) is 2.37. The van der Waals surface area contributed by atoms with Crippen molar-refractivity contribution in [2.45, 2.75) is 4.90 Å². The van der Waals surface area contributed by atoms with Crippen LogP contribution in [0.4, 0.5) is 0 Å². The highest BCUT2D eigenvalue weighted by molar-refractivity contribution is 7.89. The summed E-state index contributed by atoms with van der Waals surface area (Å²) >= 11 is 0. The Bertz CT molecular complexity index is 1210. The minimum atomic E-state index is -4.08. The molecule has 0 bridgehead atoms. The van der Waals surface area contributed by atoms with Crippen LogP contribution in [0, 0.1) is 11.3 Å². The van der Waals surface area contributed by atoms with Crippen molar-refractivity contribution in [3.63, 3.8) is 0 Å². The van der Waals surface area contributed by atoms with Crippen molar-refractivity contribution >= 4 is 15.9 Å². The smallest absolute Gasteiger partial charge is 0.251 e. The third-order valence-corrected chi connectivity index (χ3v) is 5.08. The highest BCUT2D eigenvalue weighted by Gasteiger charge is 2.17. The molecule has 3 aromatic carbocycles. The van der Waals surface area contributed by atoms with Crippen molar-refractivity contribution in [2.75, 3.05) is 7.05 Å². The van der Waals surface area contributed by atoms with Crippen molar-refractivity contribution in [3.8, 4) is 28.7 Å². The average Bonchev–Trinajstić information content (AvgIpc) is 2.73. The molecule has 0 saturated heterocycles. The van der Waals surface area contributed by atoms with E-state index >= 15 is 0 Å². The van der Waals surface area contributed by atoms with Gasteiger partial charge < -0.3 is 10.1 Å². The lowest BCUT2D eigenvalue weighted by atomic mass is 10.0. The second-order valence-corrected chi connectivity index (χ2v) is 7.63. The number of nitrogens with one attached hydrogen (secondary N) is 1. The lowest BCUT2D eigenvalue weighted by Crippen LogP contribution is -2.17. The maximum atomic E-state index is 11.9. The zero-order chi connectivity index (χ0) is 21.0. The van der Waals surface area contributed by atoms with E-state index in [1.165, 1.54) is 18.2 Å². The summed E-state index contributed by atoms with van der Waals surface area (Å²) in [5, 5.41) is 16.8. The van der Waals surface area contributed by atoms with Gasteiger partial charge in [0.1, 0.15) is 16.4 Å². The molecule has 0 fully saturated rings. The number of primary sulfonamides is 1. The Morgan fingerprint density at radius 3 is 2.38 bits per heavy atom. The third-order valence-electron chi connectivity index (χ3n) is 4.15. The molecule has 0 aromatic heterocycles. The average molecular weight is 407 g/mol. The molecule has 8 heteroatoms. The van der Waals surface area contributed by atoms with Gasteiger partial charge in [-0.25, -0.2) is 13.6 Å². The highest BCUT2D eigenvalue weighted by Crippen LogP contribution is 2.31. The second kappa shape index (κ2) is 8.14. The summed E-state index contributed by atoms with van der Waals surface area (Å²) in [6, 6.07) is 20.0. The molecule has 3 aromatic rings. The number of carbonyl (C=O) groups is 1. The Labute approximate surface area is 168 Å². The van der Waals surface area contributed by atoms with E-state index in [9.17, 15) is 13.2 Å². The predicted molar refractivity (Wildman–Crippen MR) is 108 cm³/mol. The fraction of sp³-hybridized carbons (Fsp3) is 0.0476. The van der Waals surface area contributed by atoms with Crippen LogP contribution in [-0.4, -0.2) is 21.4 Å². The van der Waals surface area contributed by atoms with Crippen LogP contribution in [0.2, 0.25) is 0 Å². The number of nitrogens with two attached hydrogens (primary N) is 1.